The number of quaternary nitrogens is 1. The average molecular weight is 291 g/mol. The number of nitrogens with zero attached hydrogens (tertiary/aromatic N) is 1. The van der Waals surface area contributed by atoms with E-state index in [1.807, 2.05) is 31.2 Å². The van der Waals surface area contributed by atoms with Crippen molar-refractivity contribution in [1.29, 1.82) is 0 Å². The van der Waals surface area contributed by atoms with Gasteiger partial charge in [-0.25, -0.2) is 0 Å². The Morgan fingerprint density at radius 1 is 1.10 bits per heavy atom. The maximum atomic E-state index is 11.9. The summed E-state index contributed by atoms with van der Waals surface area (Å²) in [6.07, 6.45) is 2.71. The Bertz CT molecular complexity index is 430. The first kappa shape index (κ1) is 17.7. The number of hydrogen-bond acceptors (Lipinski definition) is 1. The first-order valence-electron chi connectivity index (χ1n) is 8.27. The second-order valence-corrected chi connectivity index (χ2v) is 5.89. The van der Waals surface area contributed by atoms with E-state index in [0.717, 1.165) is 18.5 Å². The van der Waals surface area contributed by atoms with E-state index in [1.54, 1.807) is 0 Å². The zero-order valence-electron chi connectivity index (χ0n) is 14.1. The van der Waals surface area contributed by atoms with Crippen LogP contribution in [0.2, 0.25) is 0 Å². The second-order valence-electron chi connectivity index (χ2n) is 5.89. The van der Waals surface area contributed by atoms with Crippen LogP contribution >= 0.6 is 0 Å². The number of hydrogen-bond donors (Lipinski definition) is 1. The number of benzene rings is 1. The minimum Gasteiger partial charge on any atom is -0.326 e. The molecule has 0 heterocycles. The van der Waals surface area contributed by atoms with Crippen LogP contribution in [-0.2, 0) is 4.79 Å². The Labute approximate surface area is 129 Å². The maximum absolute atomic E-state index is 11.9. The normalized spacial score (nSPS) is 11.4. The van der Waals surface area contributed by atoms with Gasteiger partial charge >= 0.3 is 0 Å². The van der Waals surface area contributed by atoms with Gasteiger partial charge in [0.1, 0.15) is 0 Å². The molecule has 0 bridgehead atoms. The Hall–Kier alpha value is -1.35. The summed E-state index contributed by atoms with van der Waals surface area (Å²) < 4.78 is 1.17. The molecule has 0 aliphatic rings. The molecule has 3 heteroatoms. The van der Waals surface area contributed by atoms with E-state index in [4.69, 9.17) is 0 Å². The molecule has 0 aromatic heterocycles. The van der Waals surface area contributed by atoms with Gasteiger partial charge in [0.25, 0.3) is 0 Å². The lowest BCUT2D eigenvalue weighted by Gasteiger charge is -2.35. The van der Waals surface area contributed by atoms with Crippen molar-refractivity contribution in [2.45, 2.75) is 47.0 Å². The molecule has 0 saturated heterocycles. The highest BCUT2D eigenvalue weighted by atomic mass is 16.1. The highest BCUT2D eigenvalue weighted by molar-refractivity contribution is 5.90. The molecule has 0 spiro atoms. The summed E-state index contributed by atoms with van der Waals surface area (Å²) in [5.74, 6) is 0.128. The Morgan fingerprint density at radius 2 is 1.76 bits per heavy atom. The molecule has 0 fully saturated rings. The molecule has 0 radical (unpaired) electrons. The van der Waals surface area contributed by atoms with Crippen LogP contribution in [0.1, 0.15) is 45.6 Å². The van der Waals surface area contributed by atoms with Gasteiger partial charge in [-0.15, -0.1) is 0 Å². The third-order valence-electron chi connectivity index (χ3n) is 4.60. The zero-order chi connectivity index (χ0) is 15.7. The molecular weight excluding hydrogens is 260 g/mol. The summed E-state index contributed by atoms with van der Waals surface area (Å²) in [5.41, 5.74) is 2.07. The van der Waals surface area contributed by atoms with Crippen molar-refractivity contribution in [2.24, 2.45) is 0 Å². The molecule has 1 rings (SSSR count). The third kappa shape index (κ3) is 5.88. The topological polar surface area (TPSA) is 29.1 Å². The molecule has 0 saturated carbocycles. The molecule has 0 aliphatic heterocycles. The quantitative estimate of drug-likeness (QED) is 0.541. The largest absolute Gasteiger partial charge is 0.326 e. The Kier molecular flexibility index (Phi) is 7.44. The lowest BCUT2D eigenvalue weighted by molar-refractivity contribution is -0.923. The number of aryl methyl sites for hydroxylation is 1. The van der Waals surface area contributed by atoms with E-state index in [1.165, 1.54) is 36.2 Å². The number of amides is 1. The molecule has 1 N–H and O–H groups in total. The van der Waals surface area contributed by atoms with Gasteiger partial charge in [-0.2, -0.15) is 0 Å². The Balaban J connectivity index is 2.31. The number of carbonyl (C=O) groups is 1. The van der Waals surface area contributed by atoms with E-state index in [9.17, 15) is 4.79 Å². The Morgan fingerprint density at radius 3 is 2.33 bits per heavy atom. The molecule has 1 amide bonds. The van der Waals surface area contributed by atoms with Crippen LogP contribution in [0.4, 0.5) is 5.69 Å². The lowest BCUT2D eigenvalue weighted by Crippen LogP contribution is -2.48. The van der Waals surface area contributed by atoms with Gasteiger partial charge < -0.3 is 9.80 Å². The number of rotatable bonds is 9. The lowest BCUT2D eigenvalue weighted by atomic mass is 10.2. The SMILES string of the molecule is CC[N+](CC)(CC)CCCCC(=O)Nc1cccc(C)c1. The van der Waals surface area contributed by atoms with Crippen LogP contribution in [0, 0.1) is 6.92 Å². The molecular formula is C18H31N2O+. The fourth-order valence-corrected chi connectivity index (χ4v) is 2.82. The van der Waals surface area contributed by atoms with Gasteiger partial charge in [0.15, 0.2) is 0 Å². The monoisotopic (exact) mass is 291 g/mol. The summed E-state index contributed by atoms with van der Waals surface area (Å²) in [5, 5.41) is 2.98. The van der Waals surface area contributed by atoms with E-state index in [-0.39, 0.29) is 5.91 Å². The van der Waals surface area contributed by atoms with Crippen LogP contribution in [0.25, 0.3) is 0 Å². The van der Waals surface area contributed by atoms with Crippen molar-refractivity contribution in [1.82, 2.24) is 0 Å². The highest BCUT2D eigenvalue weighted by Crippen LogP contribution is 2.12. The molecule has 1 aromatic carbocycles. The number of nitrogens with one attached hydrogen (secondary N) is 1. The summed E-state index contributed by atoms with van der Waals surface area (Å²) >= 11 is 0. The average Bonchev–Trinajstić information content (AvgIpc) is 2.48. The van der Waals surface area contributed by atoms with E-state index in [2.05, 4.69) is 26.1 Å². The predicted molar refractivity (Wildman–Crippen MR) is 90.4 cm³/mol. The number of unbranched alkanes of at least 4 members (excludes halogenated alkanes) is 1. The van der Waals surface area contributed by atoms with E-state index < -0.39 is 0 Å². The molecule has 21 heavy (non-hydrogen) atoms. The summed E-state index contributed by atoms with van der Waals surface area (Å²) in [4.78, 5) is 11.9. The van der Waals surface area contributed by atoms with Crippen molar-refractivity contribution in [2.75, 3.05) is 31.5 Å². The predicted octanol–water partition coefficient (Wildman–Crippen LogP) is 3.98. The summed E-state index contributed by atoms with van der Waals surface area (Å²) in [6, 6.07) is 7.96. The number of carbonyl (C=O) groups excluding carboxylic acids is 1. The van der Waals surface area contributed by atoms with Gasteiger partial charge in [0, 0.05) is 12.1 Å². The first-order valence-corrected chi connectivity index (χ1v) is 8.27. The van der Waals surface area contributed by atoms with Crippen molar-refractivity contribution >= 4 is 11.6 Å². The van der Waals surface area contributed by atoms with Crippen LogP contribution < -0.4 is 5.32 Å². The van der Waals surface area contributed by atoms with E-state index >= 15 is 0 Å². The van der Waals surface area contributed by atoms with Crippen molar-refractivity contribution < 1.29 is 9.28 Å². The fraction of sp³-hybridized carbons (Fsp3) is 0.611. The van der Waals surface area contributed by atoms with Gasteiger partial charge in [0.05, 0.1) is 26.2 Å². The van der Waals surface area contributed by atoms with Gasteiger partial charge in [0.2, 0.25) is 5.91 Å². The molecule has 3 nitrogen and oxygen atoms in total. The van der Waals surface area contributed by atoms with Gasteiger partial charge in [-0.3, -0.25) is 4.79 Å². The van der Waals surface area contributed by atoms with Crippen LogP contribution in [-0.4, -0.2) is 36.6 Å². The minimum atomic E-state index is 0.128. The third-order valence-corrected chi connectivity index (χ3v) is 4.60. The van der Waals surface area contributed by atoms with Crippen LogP contribution in [0.15, 0.2) is 24.3 Å². The summed E-state index contributed by atoms with van der Waals surface area (Å²) in [7, 11) is 0. The van der Waals surface area contributed by atoms with Crippen molar-refractivity contribution in [3.05, 3.63) is 29.8 Å². The van der Waals surface area contributed by atoms with Gasteiger partial charge in [-0.05, 0) is 58.2 Å². The van der Waals surface area contributed by atoms with Crippen LogP contribution in [0.5, 0.6) is 0 Å². The summed E-state index contributed by atoms with van der Waals surface area (Å²) in [6.45, 7) is 13.6. The standard InChI is InChI=1S/C18H30N2O/c1-5-20(6-2,7-3)14-9-8-13-18(21)19-17-12-10-11-16(4)15-17/h10-12,15H,5-9,13-14H2,1-4H3/p+1. The van der Waals surface area contributed by atoms with E-state index in [0.29, 0.717) is 6.42 Å². The van der Waals surface area contributed by atoms with Crippen LogP contribution in [0.3, 0.4) is 0 Å². The maximum Gasteiger partial charge on any atom is 0.224 e. The molecule has 1 aromatic rings. The molecule has 0 unspecified atom stereocenters. The second kappa shape index (κ2) is 8.83. The van der Waals surface area contributed by atoms with Crippen molar-refractivity contribution in [3.8, 4) is 0 Å². The smallest absolute Gasteiger partial charge is 0.224 e. The highest BCUT2D eigenvalue weighted by Gasteiger charge is 2.19. The minimum absolute atomic E-state index is 0.128. The number of anilines is 1. The molecule has 0 atom stereocenters. The fourth-order valence-electron chi connectivity index (χ4n) is 2.82. The molecule has 0 aliphatic carbocycles. The van der Waals surface area contributed by atoms with Crippen molar-refractivity contribution in [3.63, 3.8) is 0 Å². The zero-order valence-corrected chi connectivity index (χ0v) is 14.1. The van der Waals surface area contributed by atoms with Gasteiger partial charge in [-0.1, -0.05) is 12.1 Å². The molecule has 118 valence electrons. The first-order chi connectivity index (χ1) is 10.0.